The van der Waals surface area contributed by atoms with Gasteiger partial charge in [0.15, 0.2) is 17.6 Å². The third-order valence-electron chi connectivity index (χ3n) is 5.60. The molecule has 0 saturated heterocycles. The average molecular weight is 755 g/mol. The van der Waals surface area contributed by atoms with E-state index in [4.69, 9.17) is 28.4 Å². The lowest BCUT2D eigenvalue weighted by atomic mass is 10.2. The molecule has 0 amide bonds. The lowest BCUT2D eigenvalue weighted by molar-refractivity contribution is -0.134. The fourth-order valence-electron chi connectivity index (χ4n) is 3.25. The number of H-pyrrole nitrogens is 2. The van der Waals surface area contributed by atoms with Crippen LogP contribution in [0.25, 0.3) is 0 Å². The fourth-order valence-corrected chi connectivity index (χ4v) is 3.25. The van der Waals surface area contributed by atoms with Crippen LogP contribution in [-0.4, -0.2) is 108 Å². The van der Waals surface area contributed by atoms with Gasteiger partial charge in [-0.15, -0.1) is 0 Å². The van der Waals surface area contributed by atoms with Crippen LogP contribution in [0.2, 0.25) is 6.82 Å². The average Bonchev–Trinajstić information content (AvgIpc) is 3.02. The summed E-state index contributed by atoms with van der Waals surface area (Å²) in [6.07, 6.45) is 1.76. The summed E-state index contributed by atoms with van der Waals surface area (Å²) in [6.45, 7) is 7.13. The van der Waals surface area contributed by atoms with E-state index in [0.29, 0.717) is 45.6 Å². The first-order valence-electron chi connectivity index (χ1n) is 14.2. The fraction of sp³-hybridized carbons (Fsp3) is 0.667. The zero-order valence-corrected chi connectivity index (χ0v) is 28.5. The summed E-state index contributed by atoms with van der Waals surface area (Å²) in [4.78, 5) is 61.0. The molecule has 0 aliphatic heterocycles. The monoisotopic (exact) mass is 755 g/mol. The van der Waals surface area contributed by atoms with E-state index in [1.54, 1.807) is 21.1 Å². The molecule has 2 rings (SSSR count). The van der Waals surface area contributed by atoms with Crippen LogP contribution in [0, 0.1) is 0 Å². The molecule has 0 aromatic carbocycles. The molecule has 0 aliphatic carbocycles. The predicted molar refractivity (Wildman–Crippen MR) is 175 cm³/mol. The van der Waals surface area contributed by atoms with E-state index >= 15 is 0 Å². The van der Waals surface area contributed by atoms with Gasteiger partial charge in [-0.1, -0.05) is 20.7 Å². The standard InChI is InChI=1S/C13H22N2O6.C13H20N2O6.CH3BI/c2*1-3-10(8-16)21-12(9-20-7-6-19-2)15-5-4-11(17)14-13(15)18;1-2-3/h4-5,10,12,16H,3,6-9H2,1-2H3,(H,14,17,18);4-5,8,10,12H,3,6-7,9H2,1-2H3,(H,14,17,18);1H3/t2*10-,12+;/m00./s1. The second-order valence-electron chi connectivity index (χ2n) is 8.87. The number of aldehydes is 1. The zero-order chi connectivity index (χ0) is 34.0. The lowest BCUT2D eigenvalue weighted by Crippen LogP contribution is -2.36. The molecule has 0 spiro atoms. The first kappa shape index (κ1) is 42.5. The van der Waals surface area contributed by atoms with Gasteiger partial charge in [-0.25, -0.2) is 9.59 Å². The highest BCUT2D eigenvalue weighted by Crippen LogP contribution is 2.12. The Morgan fingerprint density at radius 3 is 1.62 bits per heavy atom. The predicted octanol–water partition coefficient (Wildman–Crippen LogP) is 0.267. The summed E-state index contributed by atoms with van der Waals surface area (Å²) >= 11 is 2.16. The van der Waals surface area contributed by atoms with Crippen molar-refractivity contribution < 1.29 is 38.3 Å². The van der Waals surface area contributed by atoms with Crippen molar-refractivity contribution in [2.75, 3.05) is 60.5 Å². The Hall–Kier alpha value is -2.46. The van der Waals surface area contributed by atoms with Gasteiger partial charge in [0.05, 0.1) is 52.4 Å². The van der Waals surface area contributed by atoms with Crippen molar-refractivity contribution in [1.29, 1.82) is 0 Å². The molecule has 2 heterocycles. The summed E-state index contributed by atoms with van der Waals surface area (Å²) in [6, 6.07) is 2.43. The molecule has 0 bridgehead atoms. The molecular formula is C27H45BIN4O12. The van der Waals surface area contributed by atoms with Crippen LogP contribution in [0.4, 0.5) is 0 Å². The van der Waals surface area contributed by atoms with Gasteiger partial charge in [0.25, 0.3) is 11.1 Å². The maximum atomic E-state index is 11.8. The number of rotatable bonds is 20. The number of aromatic nitrogens is 4. The number of aliphatic hydroxyl groups excluding tert-OH is 1. The normalized spacial score (nSPS) is 13.3. The number of hydrogen-bond acceptors (Lipinski definition) is 12. The number of nitrogens with one attached hydrogen (secondary N) is 2. The van der Waals surface area contributed by atoms with E-state index in [9.17, 15) is 29.1 Å². The van der Waals surface area contributed by atoms with Gasteiger partial charge in [-0.3, -0.25) is 28.7 Å². The Morgan fingerprint density at radius 1 is 0.844 bits per heavy atom. The number of ether oxygens (including phenoxy) is 6. The van der Waals surface area contributed by atoms with Crippen LogP contribution in [-0.2, 0) is 33.2 Å². The van der Waals surface area contributed by atoms with Gasteiger partial charge >= 0.3 is 11.4 Å². The Bertz CT molecular complexity index is 1270. The second-order valence-corrected chi connectivity index (χ2v) is 10.1. The smallest absolute Gasteiger partial charge is 0.330 e. The van der Waals surface area contributed by atoms with Crippen molar-refractivity contribution >= 4 is 33.8 Å². The molecule has 0 unspecified atom stereocenters. The summed E-state index contributed by atoms with van der Waals surface area (Å²) in [7, 11) is 3.10. The quantitative estimate of drug-likeness (QED) is 0.0722. The molecule has 45 heavy (non-hydrogen) atoms. The van der Waals surface area contributed by atoms with E-state index in [1.165, 1.54) is 33.7 Å². The summed E-state index contributed by atoms with van der Waals surface area (Å²) in [5, 5.41) is 11.2. The van der Waals surface area contributed by atoms with Crippen LogP contribution in [0.5, 0.6) is 0 Å². The maximum Gasteiger partial charge on any atom is 0.330 e. The highest BCUT2D eigenvalue weighted by atomic mass is 127. The highest BCUT2D eigenvalue weighted by Gasteiger charge is 2.19. The van der Waals surface area contributed by atoms with E-state index in [1.807, 2.05) is 18.9 Å². The Labute approximate surface area is 275 Å². The Kier molecular flexibility index (Phi) is 25.3. The second kappa shape index (κ2) is 26.7. The highest BCUT2D eigenvalue weighted by molar-refractivity contribution is 14.1. The third kappa shape index (κ3) is 18.3. The lowest BCUT2D eigenvalue weighted by Gasteiger charge is -2.24. The summed E-state index contributed by atoms with van der Waals surface area (Å²) < 4.78 is 34.1. The van der Waals surface area contributed by atoms with E-state index in [0.717, 1.165) is 0 Å². The van der Waals surface area contributed by atoms with Gasteiger partial charge in [0.1, 0.15) is 12.4 Å². The van der Waals surface area contributed by atoms with E-state index in [2.05, 4.69) is 32.3 Å². The minimum Gasteiger partial charge on any atom is -0.394 e. The van der Waals surface area contributed by atoms with Crippen LogP contribution < -0.4 is 22.5 Å². The number of carbonyl (C=O) groups is 1. The third-order valence-corrected chi connectivity index (χ3v) is 5.60. The topological polar surface area (TPSA) is 202 Å². The van der Waals surface area contributed by atoms with Gasteiger partial charge < -0.3 is 38.3 Å². The van der Waals surface area contributed by atoms with Crippen LogP contribution >= 0.6 is 22.4 Å². The number of halogens is 1. The number of aromatic amines is 2. The number of nitrogens with zero attached hydrogens (tertiary/aromatic N) is 2. The largest absolute Gasteiger partial charge is 0.394 e. The van der Waals surface area contributed by atoms with Crippen LogP contribution in [0.3, 0.4) is 0 Å². The van der Waals surface area contributed by atoms with Gasteiger partial charge in [0.2, 0.25) is 0 Å². The minimum absolute atomic E-state index is 0.0552. The van der Waals surface area contributed by atoms with Gasteiger partial charge in [-0.05, 0) is 12.8 Å². The van der Waals surface area contributed by atoms with Crippen molar-refractivity contribution in [3.8, 4) is 0 Å². The molecule has 18 heteroatoms. The first-order chi connectivity index (χ1) is 21.6. The van der Waals surface area contributed by atoms with E-state index in [-0.39, 0.29) is 19.8 Å². The molecule has 3 N–H and O–H groups in total. The van der Waals surface area contributed by atoms with E-state index < -0.39 is 47.2 Å². The summed E-state index contributed by atoms with van der Waals surface area (Å²) in [5.41, 5.74) is -2.19. The van der Waals surface area contributed by atoms with Crippen molar-refractivity contribution in [3.63, 3.8) is 0 Å². The molecule has 0 saturated carbocycles. The number of hydrogen-bond donors (Lipinski definition) is 3. The Balaban J connectivity index is 0.000000791. The zero-order valence-electron chi connectivity index (χ0n) is 26.3. The van der Waals surface area contributed by atoms with Crippen molar-refractivity contribution in [2.45, 2.75) is 58.2 Å². The number of methoxy groups -OCH3 is 2. The molecular weight excluding hydrogens is 710 g/mol. The van der Waals surface area contributed by atoms with Crippen molar-refractivity contribution in [2.24, 2.45) is 0 Å². The molecule has 16 nitrogen and oxygen atoms in total. The van der Waals surface area contributed by atoms with Crippen LogP contribution in [0.15, 0.2) is 43.7 Å². The Morgan fingerprint density at radius 2 is 1.29 bits per heavy atom. The minimum atomic E-state index is -0.804. The molecule has 0 fully saturated rings. The number of aliphatic hydroxyl groups is 1. The summed E-state index contributed by atoms with van der Waals surface area (Å²) in [5.74, 6) is 0. The molecule has 2 aromatic heterocycles. The van der Waals surface area contributed by atoms with Crippen molar-refractivity contribution in [1.82, 2.24) is 19.1 Å². The first-order valence-corrected chi connectivity index (χ1v) is 15.4. The van der Waals surface area contributed by atoms with Crippen LogP contribution in [0.1, 0.15) is 39.1 Å². The molecule has 255 valence electrons. The molecule has 2 aromatic rings. The van der Waals surface area contributed by atoms with Gasteiger partial charge in [-0.2, -0.15) is 22.4 Å². The SMILES string of the molecule is CC[C@@H](C=O)O[C@H](COCCOC)n1ccc(=O)[nH]c1=O.CC[C@@H](CO)O[C@H](COCCOC)n1ccc(=O)[nH]c1=O.C[B]I. The molecule has 1 radical (unpaired) electrons. The molecule has 4 atom stereocenters. The maximum absolute atomic E-state index is 11.8. The van der Waals surface area contributed by atoms with Gasteiger partial charge in [0, 0.05) is 38.7 Å². The molecule has 0 aliphatic rings. The number of carbonyl (C=O) groups excluding carboxylic acids is 1. The van der Waals surface area contributed by atoms with Crippen molar-refractivity contribution in [3.05, 3.63) is 66.2 Å².